The average Bonchev–Trinajstić information content (AvgIpc) is 2.87. The molecular weight excluding hydrogens is 450 g/mol. The molecule has 10 nitrogen and oxygen atoms in total. The molecule has 2 N–H and O–H groups in total. The Morgan fingerprint density at radius 2 is 2.06 bits per heavy atom. The number of hydrazine groups is 1. The summed E-state index contributed by atoms with van der Waals surface area (Å²) >= 11 is 0. The number of nitriles is 1. The van der Waals surface area contributed by atoms with E-state index in [0.29, 0.717) is 34.6 Å². The van der Waals surface area contributed by atoms with Crippen molar-refractivity contribution in [1.29, 1.82) is 5.26 Å². The van der Waals surface area contributed by atoms with Gasteiger partial charge in [0.25, 0.3) is 12.3 Å². The van der Waals surface area contributed by atoms with Crippen molar-refractivity contribution in [3.8, 4) is 11.8 Å². The van der Waals surface area contributed by atoms with Gasteiger partial charge in [-0.05, 0) is 38.1 Å². The Hall–Kier alpha value is -4.20. The number of likely N-dealkylation sites (N-methyl/N-ethyl adjacent to an activating group) is 1. The zero-order chi connectivity index (χ0) is 24.9. The van der Waals surface area contributed by atoms with Crippen LogP contribution in [0.3, 0.4) is 0 Å². The van der Waals surface area contributed by atoms with Crippen molar-refractivity contribution in [3.63, 3.8) is 0 Å². The van der Waals surface area contributed by atoms with E-state index < -0.39 is 24.3 Å². The zero-order valence-electron chi connectivity index (χ0n) is 19.6. The number of nitrogens with zero attached hydrogens (tertiary/aromatic N) is 3. The normalized spacial score (nSPS) is 17.5. The third-order valence-corrected chi connectivity index (χ3v) is 5.47. The molecule has 0 aliphatic carbocycles. The van der Waals surface area contributed by atoms with E-state index >= 15 is 0 Å². The Morgan fingerprint density at radius 3 is 2.80 bits per heavy atom. The fraction of sp³-hybridized carbons (Fsp3) is 0.280. The average molecular weight is 476 g/mol. The number of para-hydroxylation sites is 1. The lowest BCUT2D eigenvalue weighted by molar-refractivity contribution is -0.188. The highest BCUT2D eigenvalue weighted by Gasteiger charge is 2.41. The van der Waals surface area contributed by atoms with E-state index in [-0.39, 0.29) is 6.61 Å². The predicted molar refractivity (Wildman–Crippen MR) is 127 cm³/mol. The minimum absolute atomic E-state index is 0.0161. The van der Waals surface area contributed by atoms with Gasteiger partial charge in [0.2, 0.25) is 6.04 Å². The van der Waals surface area contributed by atoms with Crippen LogP contribution in [-0.2, 0) is 25.7 Å². The molecule has 10 heteroatoms. The third-order valence-electron chi connectivity index (χ3n) is 5.47. The maximum absolute atomic E-state index is 12.4. The number of anilines is 1. The molecule has 0 spiro atoms. The van der Waals surface area contributed by atoms with Crippen LogP contribution in [0.15, 0.2) is 48.5 Å². The highest BCUT2D eigenvalue weighted by atomic mass is 16.7. The molecule has 180 valence electrons. The molecule has 1 saturated heterocycles. The van der Waals surface area contributed by atoms with Crippen molar-refractivity contribution in [2.75, 3.05) is 18.7 Å². The molecule has 1 aromatic heterocycles. The van der Waals surface area contributed by atoms with Gasteiger partial charge in [-0.3, -0.25) is 4.79 Å². The van der Waals surface area contributed by atoms with Gasteiger partial charge in [-0.2, -0.15) is 5.26 Å². The summed E-state index contributed by atoms with van der Waals surface area (Å²) in [5.41, 5.74) is 5.77. The molecule has 1 aliphatic heterocycles. The molecule has 2 unspecified atom stereocenters. The van der Waals surface area contributed by atoms with Crippen molar-refractivity contribution in [2.24, 2.45) is 0 Å². The van der Waals surface area contributed by atoms with Gasteiger partial charge in [0.05, 0.1) is 17.3 Å². The molecule has 2 aromatic carbocycles. The van der Waals surface area contributed by atoms with Crippen molar-refractivity contribution in [3.05, 3.63) is 65.4 Å². The van der Waals surface area contributed by atoms with Crippen molar-refractivity contribution in [2.45, 2.75) is 32.9 Å². The van der Waals surface area contributed by atoms with Gasteiger partial charge in [0.1, 0.15) is 17.9 Å². The minimum atomic E-state index is -1.29. The number of esters is 1. The number of cyclic esters (lactones) is 1. The topological polar surface area (TPSA) is 126 Å². The highest BCUT2D eigenvalue weighted by molar-refractivity contribution is 6.02. The fourth-order valence-electron chi connectivity index (χ4n) is 3.79. The summed E-state index contributed by atoms with van der Waals surface area (Å²) < 4.78 is 16.8. The van der Waals surface area contributed by atoms with Gasteiger partial charge < -0.3 is 19.5 Å². The van der Waals surface area contributed by atoms with E-state index in [4.69, 9.17) is 14.2 Å². The second-order valence-corrected chi connectivity index (χ2v) is 7.79. The minimum Gasteiger partial charge on any atom is -0.486 e. The van der Waals surface area contributed by atoms with Gasteiger partial charge in [0.15, 0.2) is 0 Å². The maximum atomic E-state index is 12.4. The number of aryl methyl sites for hydroxylation is 1. The number of methoxy groups -OCH3 is 1. The monoisotopic (exact) mass is 475 g/mol. The number of fused-ring (bicyclic) bond motifs is 1. The Bertz CT molecular complexity index is 1310. The first-order chi connectivity index (χ1) is 17.0. The van der Waals surface area contributed by atoms with Crippen LogP contribution in [-0.4, -0.2) is 43.0 Å². The smallest absolute Gasteiger partial charge is 0.338 e. The van der Waals surface area contributed by atoms with E-state index in [0.717, 1.165) is 11.1 Å². The first kappa shape index (κ1) is 23.9. The lowest BCUT2D eigenvalue weighted by atomic mass is 10.1. The summed E-state index contributed by atoms with van der Waals surface area (Å²) in [5.74, 6) is -0.750. The van der Waals surface area contributed by atoms with Gasteiger partial charge >= 0.3 is 5.97 Å². The summed E-state index contributed by atoms with van der Waals surface area (Å²) in [7, 11) is 1.37. The van der Waals surface area contributed by atoms with Crippen LogP contribution in [0.5, 0.6) is 5.75 Å². The molecule has 0 bridgehead atoms. The summed E-state index contributed by atoms with van der Waals surface area (Å²) in [5, 5.41) is 14.7. The molecule has 1 fully saturated rings. The highest BCUT2D eigenvalue weighted by Crippen LogP contribution is 2.30. The maximum Gasteiger partial charge on any atom is 0.338 e. The Labute approximate surface area is 202 Å². The summed E-state index contributed by atoms with van der Waals surface area (Å²) in [6.07, 6.45) is -1.16. The Balaban J connectivity index is 1.70. The lowest BCUT2D eigenvalue weighted by Crippen LogP contribution is -2.65. The number of benzene rings is 2. The molecular formula is C25H25N5O5. The molecule has 3 aromatic rings. The number of carbonyl (C=O) groups is 2. The number of hydrogen-bond donors (Lipinski definition) is 2. The van der Waals surface area contributed by atoms with Gasteiger partial charge in [-0.25, -0.2) is 20.2 Å². The molecule has 35 heavy (non-hydrogen) atoms. The van der Waals surface area contributed by atoms with Gasteiger partial charge in [-0.15, -0.1) is 0 Å². The SMILES string of the molecule is CCNC(=O)C1NN(c2cccc(C#N)c2COc2cccc3ccc(C)nc23)C(OC)OC1=O. The van der Waals surface area contributed by atoms with Crippen LogP contribution in [0.4, 0.5) is 5.69 Å². The standard InChI is InChI=1S/C25H25N5O5/c1-4-27-23(31)22-24(32)35-25(33-3)30(29-22)19-9-5-8-17(13-26)18(19)14-34-20-10-6-7-16-12-11-15(2)28-21(16)20/h5-12,22,25,29H,4,14H2,1-3H3,(H,27,31). The quantitative estimate of drug-likeness (QED) is 0.391. The molecule has 2 atom stereocenters. The van der Waals surface area contributed by atoms with E-state index in [1.165, 1.54) is 12.1 Å². The Kier molecular flexibility index (Phi) is 7.10. The number of aromatic nitrogens is 1. The van der Waals surface area contributed by atoms with Crippen LogP contribution < -0.4 is 20.5 Å². The molecule has 2 heterocycles. The molecule has 0 radical (unpaired) electrons. The van der Waals surface area contributed by atoms with Crippen molar-refractivity contribution < 1.29 is 23.8 Å². The van der Waals surface area contributed by atoms with Crippen LogP contribution in [0.2, 0.25) is 0 Å². The van der Waals surface area contributed by atoms with E-state index in [1.807, 2.05) is 37.3 Å². The van der Waals surface area contributed by atoms with E-state index in [9.17, 15) is 14.9 Å². The van der Waals surface area contributed by atoms with Crippen molar-refractivity contribution in [1.82, 2.24) is 15.7 Å². The Morgan fingerprint density at radius 1 is 1.26 bits per heavy atom. The van der Waals surface area contributed by atoms with E-state index in [2.05, 4.69) is 21.8 Å². The van der Waals surface area contributed by atoms with Crippen LogP contribution in [0, 0.1) is 18.3 Å². The number of nitrogens with one attached hydrogen (secondary N) is 2. The molecule has 4 rings (SSSR count). The summed E-state index contributed by atoms with van der Waals surface area (Å²) in [6.45, 7) is 4.01. The van der Waals surface area contributed by atoms with Crippen LogP contribution in [0.1, 0.15) is 23.7 Å². The second kappa shape index (κ2) is 10.4. The molecule has 0 saturated carbocycles. The summed E-state index contributed by atoms with van der Waals surface area (Å²) in [6, 6.07) is 15.5. The number of hydrogen-bond acceptors (Lipinski definition) is 9. The van der Waals surface area contributed by atoms with Gasteiger partial charge in [0, 0.05) is 30.3 Å². The largest absolute Gasteiger partial charge is 0.486 e. The zero-order valence-corrected chi connectivity index (χ0v) is 19.6. The molecule has 1 amide bonds. The first-order valence-corrected chi connectivity index (χ1v) is 11.0. The number of amides is 1. The van der Waals surface area contributed by atoms with E-state index in [1.54, 1.807) is 25.1 Å². The lowest BCUT2D eigenvalue weighted by Gasteiger charge is -2.39. The van der Waals surface area contributed by atoms with Crippen molar-refractivity contribution >= 4 is 28.5 Å². The second-order valence-electron chi connectivity index (χ2n) is 7.79. The third kappa shape index (κ3) is 4.87. The number of carbonyl (C=O) groups excluding carboxylic acids is 2. The summed E-state index contributed by atoms with van der Waals surface area (Å²) in [4.78, 5) is 29.4. The first-order valence-electron chi connectivity index (χ1n) is 11.0. The van der Waals surface area contributed by atoms with Gasteiger partial charge in [-0.1, -0.05) is 24.3 Å². The number of ether oxygens (including phenoxy) is 3. The predicted octanol–water partition coefficient (Wildman–Crippen LogP) is 2.30. The van der Waals surface area contributed by atoms with Crippen LogP contribution in [0.25, 0.3) is 10.9 Å². The van der Waals surface area contributed by atoms with Crippen LogP contribution >= 0.6 is 0 Å². The fourth-order valence-corrected chi connectivity index (χ4v) is 3.79. The molecule has 1 aliphatic rings. The number of rotatable bonds is 7. The number of pyridine rings is 1.